The molecule has 0 heterocycles. The van der Waals surface area contributed by atoms with Crippen LogP contribution < -0.4 is 0 Å². The molecule has 0 aliphatic carbocycles. The minimum Gasteiger partial charge on any atom is -0.459 e. The van der Waals surface area contributed by atoms with Gasteiger partial charge in [0.05, 0.1) is 0 Å². The molecule has 0 N–H and O–H groups in total. The molecule has 0 aliphatic heterocycles. The SMILES string of the molecule is CCCCCCCCCCCC(CC)C(OC=O)c1ccccc1. The van der Waals surface area contributed by atoms with Crippen molar-refractivity contribution in [2.45, 2.75) is 90.6 Å². The highest BCUT2D eigenvalue weighted by Gasteiger charge is 2.22. The average molecular weight is 333 g/mol. The lowest BCUT2D eigenvalue weighted by molar-refractivity contribution is -0.137. The Bertz CT molecular complexity index is 402. The van der Waals surface area contributed by atoms with Crippen LogP contribution in [0.1, 0.15) is 96.1 Å². The first kappa shape index (κ1) is 20.7. The molecule has 2 heteroatoms. The summed E-state index contributed by atoms with van der Waals surface area (Å²) >= 11 is 0. The predicted octanol–water partition coefficient (Wildman–Crippen LogP) is 6.85. The highest BCUT2D eigenvalue weighted by molar-refractivity contribution is 5.38. The summed E-state index contributed by atoms with van der Waals surface area (Å²) in [4.78, 5) is 10.9. The van der Waals surface area contributed by atoms with E-state index in [-0.39, 0.29) is 6.10 Å². The number of unbranched alkanes of at least 4 members (excludes halogenated alkanes) is 8. The van der Waals surface area contributed by atoms with Gasteiger partial charge in [-0.3, -0.25) is 4.79 Å². The first-order valence-corrected chi connectivity index (χ1v) is 9.97. The lowest BCUT2D eigenvalue weighted by Crippen LogP contribution is -2.15. The van der Waals surface area contributed by atoms with E-state index in [9.17, 15) is 4.79 Å². The molecule has 1 aromatic rings. The Morgan fingerprint density at radius 1 is 0.875 bits per heavy atom. The van der Waals surface area contributed by atoms with E-state index in [2.05, 4.69) is 26.0 Å². The number of hydrogen-bond donors (Lipinski definition) is 0. The molecule has 1 rings (SSSR count). The van der Waals surface area contributed by atoms with E-state index in [1.807, 2.05) is 18.2 Å². The van der Waals surface area contributed by atoms with Crippen LogP contribution in [0.5, 0.6) is 0 Å². The molecule has 0 aromatic heterocycles. The monoisotopic (exact) mass is 332 g/mol. The van der Waals surface area contributed by atoms with Crippen LogP contribution in [-0.4, -0.2) is 6.47 Å². The molecule has 2 nitrogen and oxygen atoms in total. The number of ether oxygens (including phenoxy) is 1. The van der Waals surface area contributed by atoms with Gasteiger partial charge in [-0.2, -0.15) is 0 Å². The van der Waals surface area contributed by atoms with E-state index in [1.54, 1.807) is 0 Å². The van der Waals surface area contributed by atoms with Gasteiger partial charge in [0.15, 0.2) is 0 Å². The maximum absolute atomic E-state index is 10.9. The Hall–Kier alpha value is -1.31. The van der Waals surface area contributed by atoms with Gasteiger partial charge >= 0.3 is 0 Å². The molecule has 0 bridgehead atoms. The quantitative estimate of drug-likeness (QED) is 0.259. The Labute approximate surface area is 149 Å². The van der Waals surface area contributed by atoms with Crippen LogP contribution in [0, 0.1) is 5.92 Å². The van der Waals surface area contributed by atoms with Crippen molar-refractivity contribution in [1.82, 2.24) is 0 Å². The van der Waals surface area contributed by atoms with Gasteiger partial charge in [-0.1, -0.05) is 102 Å². The fourth-order valence-electron chi connectivity index (χ4n) is 3.45. The normalized spacial score (nSPS) is 13.4. The van der Waals surface area contributed by atoms with Crippen molar-refractivity contribution in [3.05, 3.63) is 35.9 Å². The number of benzene rings is 1. The van der Waals surface area contributed by atoms with Crippen LogP contribution in [0.15, 0.2) is 30.3 Å². The first-order chi connectivity index (χ1) is 11.8. The summed E-state index contributed by atoms with van der Waals surface area (Å²) in [7, 11) is 0. The smallest absolute Gasteiger partial charge is 0.293 e. The van der Waals surface area contributed by atoms with Crippen LogP contribution in [0.3, 0.4) is 0 Å². The zero-order chi connectivity index (χ0) is 17.5. The molecular formula is C22H36O2. The molecule has 24 heavy (non-hydrogen) atoms. The van der Waals surface area contributed by atoms with Crippen molar-refractivity contribution >= 4 is 6.47 Å². The lowest BCUT2D eigenvalue weighted by Gasteiger charge is -2.25. The number of hydrogen-bond acceptors (Lipinski definition) is 2. The molecule has 2 atom stereocenters. The van der Waals surface area contributed by atoms with Crippen LogP contribution >= 0.6 is 0 Å². The Kier molecular flexibility index (Phi) is 12.2. The topological polar surface area (TPSA) is 26.3 Å². The fourth-order valence-corrected chi connectivity index (χ4v) is 3.45. The van der Waals surface area contributed by atoms with Gasteiger partial charge < -0.3 is 4.74 Å². The fraction of sp³-hybridized carbons (Fsp3) is 0.682. The largest absolute Gasteiger partial charge is 0.459 e. The summed E-state index contributed by atoms with van der Waals surface area (Å²) < 4.78 is 5.43. The first-order valence-electron chi connectivity index (χ1n) is 9.97. The third kappa shape index (κ3) is 8.52. The molecule has 0 spiro atoms. The number of carbonyl (C=O) groups excluding carboxylic acids is 1. The van der Waals surface area contributed by atoms with Crippen molar-refractivity contribution < 1.29 is 9.53 Å². The van der Waals surface area contributed by atoms with Crippen LogP contribution in [-0.2, 0) is 9.53 Å². The minimum absolute atomic E-state index is 0.0947. The number of rotatable bonds is 15. The molecule has 0 fully saturated rings. The molecule has 0 radical (unpaired) electrons. The lowest BCUT2D eigenvalue weighted by atomic mass is 9.88. The Morgan fingerprint density at radius 3 is 2.00 bits per heavy atom. The summed E-state index contributed by atoms with van der Waals surface area (Å²) in [6.07, 6.45) is 14.2. The second-order valence-corrected chi connectivity index (χ2v) is 6.85. The van der Waals surface area contributed by atoms with Crippen LogP contribution in [0.4, 0.5) is 0 Å². The molecule has 0 amide bonds. The highest BCUT2D eigenvalue weighted by Crippen LogP contribution is 2.32. The molecule has 2 unspecified atom stereocenters. The van der Waals surface area contributed by atoms with E-state index in [0.29, 0.717) is 12.4 Å². The molecule has 0 aliphatic rings. The van der Waals surface area contributed by atoms with Crippen LogP contribution in [0.2, 0.25) is 0 Å². The maximum Gasteiger partial charge on any atom is 0.293 e. The van der Waals surface area contributed by atoms with E-state index >= 15 is 0 Å². The second-order valence-electron chi connectivity index (χ2n) is 6.85. The van der Waals surface area contributed by atoms with Crippen molar-refractivity contribution in [3.8, 4) is 0 Å². The van der Waals surface area contributed by atoms with E-state index < -0.39 is 0 Å². The standard InChI is InChI=1S/C22H36O2/c1-3-5-6-7-8-9-10-11-13-16-20(4-2)22(24-19-23)21-17-14-12-15-18-21/h12,14-15,17-20,22H,3-11,13,16H2,1-2H3. The highest BCUT2D eigenvalue weighted by atomic mass is 16.5. The van der Waals surface area contributed by atoms with Gasteiger partial charge in [-0.15, -0.1) is 0 Å². The van der Waals surface area contributed by atoms with E-state index in [0.717, 1.165) is 18.4 Å². The van der Waals surface area contributed by atoms with Gasteiger partial charge in [-0.05, 0) is 24.3 Å². The van der Waals surface area contributed by atoms with Gasteiger partial charge in [0.25, 0.3) is 6.47 Å². The van der Waals surface area contributed by atoms with Crippen molar-refractivity contribution in [2.75, 3.05) is 0 Å². The van der Waals surface area contributed by atoms with Gasteiger partial charge in [0.1, 0.15) is 6.10 Å². The minimum atomic E-state index is -0.0947. The molecule has 1 aromatic carbocycles. The predicted molar refractivity (Wildman–Crippen MR) is 102 cm³/mol. The van der Waals surface area contributed by atoms with Crippen molar-refractivity contribution in [2.24, 2.45) is 5.92 Å². The Morgan fingerprint density at radius 2 is 1.46 bits per heavy atom. The summed E-state index contributed by atoms with van der Waals surface area (Å²) in [6, 6.07) is 10.2. The Balaban J connectivity index is 2.28. The summed E-state index contributed by atoms with van der Waals surface area (Å²) in [6.45, 7) is 5.07. The molecule has 0 saturated heterocycles. The molecule has 136 valence electrons. The number of carbonyl (C=O) groups is 1. The molecule has 0 saturated carbocycles. The van der Waals surface area contributed by atoms with Gasteiger partial charge in [0, 0.05) is 0 Å². The zero-order valence-corrected chi connectivity index (χ0v) is 15.7. The van der Waals surface area contributed by atoms with Gasteiger partial charge in [-0.25, -0.2) is 0 Å². The summed E-state index contributed by atoms with van der Waals surface area (Å²) in [5.74, 6) is 0.419. The third-order valence-electron chi connectivity index (χ3n) is 4.96. The third-order valence-corrected chi connectivity index (χ3v) is 4.96. The molecular weight excluding hydrogens is 296 g/mol. The maximum atomic E-state index is 10.9. The van der Waals surface area contributed by atoms with Crippen molar-refractivity contribution in [3.63, 3.8) is 0 Å². The second kappa shape index (κ2) is 14.1. The van der Waals surface area contributed by atoms with Crippen LogP contribution in [0.25, 0.3) is 0 Å². The van der Waals surface area contributed by atoms with E-state index in [4.69, 9.17) is 4.74 Å². The van der Waals surface area contributed by atoms with Crippen molar-refractivity contribution in [1.29, 1.82) is 0 Å². The van der Waals surface area contributed by atoms with E-state index in [1.165, 1.54) is 57.8 Å². The van der Waals surface area contributed by atoms with Gasteiger partial charge in [0.2, 0.25) is 0 Å². The summed E-state index contributed by atoms with van der Waals surface area (Å²) in [5.41, 5.74) is 1.12. The average Bonchev–Trinajstić information content (AvgIpc) is 2.63. The zero-order valence-electron chi connectivity index (χ0n) is 15.7. The summed E-state index contributed by atoms with van der Waals surface area (Å²) in [5, 5.41) is 0.